The third kappa shape index (κ3) is 0.997. The molecule has 0 saturated carbocycles. The van der Waals surface area contributed by atoms with Crippen molar-refractivity contribution in [2.75, 3.05) is 7.05 Å². The van der Waals surface area contributed by atoms with Gasteiger partial charge >= 0.3 is 0 Å². The first-order chi connectivity index (χ1) is 4.13. The predicted molar refractivity (Wildman–Crippen MR) is 38.9 cm³/mol. The molecule has 0 fully saturated rings. The molecular weight excluding hydrogens is 134 g/mol. The summed E-state index contributed by atoms with van der Waals surface area (Å²) in [7, 11) is 1.92. The lowest BCUT2D eigenvalue weighted by Gasteiger charge is -2.24. The summed E-state index contributed by atoms with van der Waals surface area (Å²) < 4.78 is 1.49. The Bertz CT molecular complexity index is 154. The van der Waals surface area contributed by atoms with Gasteiger partial charge in [-0.1, -0.05) is 0 Å². The normalized spacial score (nSPS) is 29.0. The third-order valence-electron chi connectivity index (χ3n) is 1.69. The van der Waals surface area contributed by atoms with Gasteiger partial charge in [0.25, 0.3) is 0 Å². The lowest BCUT2D eigenvalue weighted by atomic mass is 10.2. The highest BCUT2D eigenvalue weighted by molar-refractivity contribution is 7.51. The molecule has 0 aliphatic carbocycles. The minimum absolute atomic E-state index is 0.363. The van der Waals surface area contributed by atoms with Crippen LogP contribution >= 0.6 is 0 Å². The van der Waals surface area contributed by atoms with Crippen LogP contribution in [0.2, 0.25) is 0 Å². The Balaban J connectivity index is 2.74. The topological polar surface area (TPSA) is 20.4 Å². The van der Waals surface area contributed by atoms with Crippen LogP contribution in [-0.4, -0.2) is 27.9 Å². The largest absolute Gasteiger partial charge is 0.439 e. The van der Waals surface area contributed by atoms with Crippen LogP contribution in [0.5, 0.6) is 0 Å². The fourth-order valence-corrected chi connectivity index (χ4v) is 0.974. The molecule has 0 spiro atoms. The molecule has 4 heteroatoms. The van der Waals surface area contributed by atoms with Crippen LogP contribution in [0.1, 0.15) is 13.8 Å². The fraction of sp³-hybridized carbons (Fsp3) is 0.800. The van der Waals surface area contributed by atoms with Crippen LogP contribution in [-0.2, 0) is 12.8 Å². The Morgan fingerprint density at radius 2 is 2.33 bits per heavy atom. The lowest BCUT2D eigenvalue weighted by Crippen LogP contribution is -2.24. The first-order valence-corrected chi connectivity index (χ1v) is 3.24. The lowest BCUT2D eigenvalue weighted by molar-refractivity contribution is -0.294. The highest BCUT2D eigenvalue weighted by atomic mass is 32.1. The van der Waals surface area contributed by atoms with Gasteiger partial charge in [0.15, 0.2) is 0 Å². The van der Waals surface area contributed by atoms with Gasteiger partial charge in [-0.15, -0.1) is 0 Å². The molecule has 9 heavy (non-hydrogen) atoms. The van der Waals surface area contributed by atoms with Crippen molar-refractivity contribution in [2.45, 2.75) is 19.9 Å². The van der Waals surface area contributed by atoms with Crippen molar-refractivity contribution in [3.63, 3.8) is 0 Å². The zero-order valence-electron chi connectivity index (χ0n) is 5.83. The molecule has 0 radical (unpaired) electrons. The molecule has 1 aliphatic rings. The van der Waals surface area contributed by atoms with Gasteiger partial charge in [0.1, 0.15) is 5.71 Å². The first-order valence-electron chi connectivity index (χ1n) is 2.88. The molecule has 52 valence electrons. The smallest absolute Gasteiger partial charge is 0.146 e. The van der Waals surface area contributed by atoms with Gasteiger partial charge in [0.05, 0.1) is 6.04 Å². The standard InChI is InChI=1S/C5H10N3S/c1-4-5(2)8(9)6-7(4)3/h4H,1-3H3/q-1. The summed E-state index contributed by atoms with van der Waals surface area (Å²) in [5.74, 6) is 0. The molecule has 1 atom stereocenters. The summed E-state index contributed by atoms with van der Waals surface area (Å²) in [4.78, 5) is 0. The summed E-state index contributed by atoms with van der Waals surface area (Å²) in [6.07, 6.45) is 0. The molecule has 0 N–H and O–H groups in total. The zero-order valence-corrected chi connectivity index (χ0v) is 6.64. The minimum atomic E-state index is 0.363. The van der Waals surface area contributed by atoms with E-state index in [1.807, 2.05) is 19.0 Å². The highest BCUT2D eigenvalue weighted by Crippen LogP contribution is 2.12. The second kappa shape index (κ2) is 2.11. The van der Waals surface area contributed by atoms with E-state index in [0.717, 1.165) is 5.71 Å². The monoisotopic (exact) mass is 144 g/mol. The maximum Gasteiger partial charge on any atom is 0.146 e. The minimum Gasteiger partial charge on any atom is -0.439 e. The summed E-state index contributed by atoms with van der Waals surface area (Å²) >= 11 is 4.87. The second-order valence-corrected chi connectivity index (χ2v) is 2.60. The van der Waals surface area contributed by atoms with Gasteiger partial charge in [-0.05, 0) is 14.0 Å². The molecular formula is C5H10N3S-. The maximum atomic E-state index is 4.87. The Labute approximate surface area is 60.8 Å². The average molecular weight is 144 g/mol. The van der Waals surface area contributed by atoms with Crippen molar-refractivity contribution in [3.05, 3.63) is 5.53 Å². The van der Waals surface area contributed by atoms with Crippen molar-refractivity contribution >= 4 is 18.5 Å². The summed E-state index contributed by atoms with van der Waals surface area (Å²) in [6.45, 7) is 4.07. The first kappa shape index (κ1) is 6.77. The molecule has 1 heterocycles. The maximum absolute atomic E-state index is 4.87. The van der Waals surface area contributed by atoms with E-state index in [2.05, 4.69) is 12.5 Å². The molecule has 3 nitrogen and oxygen atoms in total. The molecule has 0 aromatic carbocycles. The summed E-state index contributed by atoms with van der Waals surface area (Å²) in [6, 6.07) is 0.363. The second-order valence-electron chi connectivity index (χ2n) is 2.25. The van der Waals surface area contributed by atoms with Crippen molar-refractivity contribution in [3.8, 4) is 0 Å². The Morgan fingerprint density at radius 1 is 1.78 bits per heavy atom. The van der Waals surface area contributed by atoms with E-state index in [1.165, 1.54) is 4.09 Å². The predicted octanol–water partition coefficient (Wildman–Crippen LogP) is 0.459. The van der Waals surface area contributed by atoms with Gasteiger partial charge in [-0.3, -0.25) is 0 Å². The Kier molecular flexibility index (Phi) is 1.59. The van der Waals surface area contributed by atoms with E-state index in [0.29, 0.717) is 6.04 Å². The van der Waals surface area contributed by atoms with E-state index in [4.69, 9.17) is 12.8 Å². The molecule has 1 rings (SSSR count). The summed E-state index contributed by atoms with van der Waals surface area (Å²) in [5, 5.41) is 1.85. The number of hydrogen-bond donors (Lipinski definition) is 0. The average Bonchev–Trinajstić information content (AvgIpc) is 1.98. The van der Waals surface area contributed by atoms with Gasteiger partial charge in [0, 0.05) is 6.92 Å². The van der Waals surface area contributed by atoms with Crippen LogP contribution in [0.25, 0.3) is 5.53 Å². The molecule has 0 aromatic rings. The van der Waals surface area contributed by atoms with Gasteiger partial charge in [-0.25, -0.2) is 0 Å². The van der Waals surface area contributed by atoms with Crippen LogP contribution in [0.15, 0.2) is 0 Å². The van der Waals surface area contributed by atoms with Crippen molar-refractivity contribution < 1.29 is 4.09 Å². The van der Waals surface area contributed by atoms with Crippen molar-refractivity contribution in [1.82, 2.24) is 5.01 Å². The Hall–Kier alpha value is -0.350. The molecule has 0 amide bonds. The molecule has 0 bridgehead atoms. The zero-order chi connectivity index (χ0) is 7.02. The van der Waals surface area contributed by atoms with Crippen LogP contribution in [0.4, 0.5) is 0 Å². The van der Waals surface area contributed by atoms with Gasteiger partial charge in [0.2, 0.25) is 0 Å². The Morgan fingerprint density at radius 3 is 2.44 bits per heavy atom. The highest BCUT2D eigenvalue weighted by Gasteiger charge is 2.16. The quantitative estimate of drug-likeness (QED) is 0.363. The number of nitrogens with zero attached hydrogens (tertiary/aromatic N) is 3. The SMILES string of the molecule is CC1=[N+]([S-])[N-]N(C)C1C. The van der Waals surface area contributed by atoms with Crippen LogP contribution < -0.4 is 0 Å². The van der Waals surface area contributed by atoms with Crippen LogP contribution in [0, 0.1) is 0 Å². The molecule has 0 saturated heterocycles. The van der Waals surface area contributed by atoms with E-state index in [1.54, 1.807) is 0 Å². The molecule has 1 unspecified atom stereocenters. The van der Waals surface area contributed by atoms with E-state index >= 15 is 0 Å². The van der Waals surface area contributed by atoms with Crippen molar-refractivity contribution in [2.24, 2.45) is 0 Å². The third-order valence-corrected chi connectivity index (χ3v) is 2.05. The van der Waals surface area contributed by atoms with E-state index in [9.17, 15) is 0 Å². The molecule has 0 aromatic heterocycles. The fourth-order valence-electron chi connectivity index (χ4n) is 0.706. The van der Waals surface area contributed by atoms with E-state index in [-0.39, 0.29) is 0 Å². The van der Waals surface area contributed by atoms with E-state index < -0.39 is 0 Å². The number of hydrogen-bond acceptors (Lipinski definition) is 2. The van der Waals surface area contributed by atoms with Gasteiger partial charge in [-0.2, -0.15) is 0 Å². The molecule has 1 aliphatic heterocycles. The number of rotatable bonds is 0. The van der Waals surface area contributed by atoms with Crippen molar-refractivity contribution in [1.29, 1.82) is 0 Å². The summed E-state index contributed by atoms with van der Waals surface area (Å²) in [5.41, 5.74) is 5.11. The van der Waals surface area contributed by atoms with Gasteiger partial charge < -0.3 is 27.4 Å². The van der Waals surface area contributed by atoms with Crippen LogP contribution in [0.3, 0.4) is 0 Å².